The molecule has 11 heteroatoms. The van der Waals surface area contributed by atoms with E-state index in [-0.39, 0.29) is 37.3 Å². The lowest BCUT2D eigenvalue weighted by Gasteiger charge is -2.28. The molecule has 210 valence electrons. The molecule has 3 amide bonds. The molecule has 1 heterocycles. The van der Waals surface area contributed by atoms with Crippen LogP contribution in [0.4, 0.5) is 8.78 Å². The molecule has 2 aromatic rings. The number of ether oxygens (including phenoxy) is 2. The number of esters is 1. The van der Waals surface area contributed by atoms with Gasteiger partial charge in [0.05, 0.1) is 13.2 Å². The van der Waals surface area contributed by atoms with Crippen LogP contribution in [0.15, 0.2) is 48.5 Å². The third-order valence-corrected chi connectivity index (χ3v) is 6.77. The summed E-state index contributed by atoms with van der Waals surface area (Å²) in [5.41, 5.74) is 0.808. The maximum Gasteiger partial charge on any atom is 0.328 e. The van der Waals surface area contributed by atoms with E-state index in [9.17, 15) is 28.0 Å². The number of nitrogens with zero attached hydrogens (tertiary/aromatic N) is 1. The third kappa shape index (κ3) is 7.82. The summed E-state index contributed by atoms with van der Waals surface area (Å²) in [6.45, 7) is 1.41. The van der Waals surface area contributed by atoms with Gasteiger partial charge in [-0.2, -0.15) is 0 Å². The van der Waals surface area contributed by atoms with Crippen molar-refractivity contribution in [2.75, 3.05) is 14.2 Å². The maximum atomic E-state index is 14.2. The molecule has 4 atom stereocenters. The van der Waals surface area contributed by atoms with Crippen LogP contribution in [-0.4, -0.2) is 67.0 Å². The number of likely N-dealkylation sites (tertiary alicyclic amines) is 1. The Bertz CT molecular complexity index is 1180. The summed E-state index contributed by atoms with van der Waals surface area (Å²) in [6, 6.07) is 10.1. The van der Waals surface area contributed by atoms with E-state index in [0.717, 1.165) is 11.6 Å². The first-order valence-corrected chi connectivity index (χ1v) is 12.6. The number of hydrogen-bond acceptors (Lipinski definition) is 6. The predicted octanol–water partition coefficient (Wildman–Crippen LogP) is 2.27. The van der Waals surface area contributed by atoms with Crippen LogP contribution in [-0.2, 0) is 41.6 Å². The van der Waals surface area contributed by atoms with Crippen molar-refractivity contribution in [1.82, 2.24) is 15.5 Å². The monoisotopic (exact) mass is 545 g/mol. The van der Waals surface area contributed by atoms with Gasteiger partial charge in [-0.3, -0.25) is 14.4 Å². The Morgan fingerprint density at radius 3 is 2.44 bits per heavy atom. The minimum absolute atomic E-state index is 0.00758. The quantitative estimate of drug-likeness (QED) is 0.396. The molecular weight excluding hydrogens is 512 g/mol. The highest BCUT2D eigenvalue weighted by Gasteiger charge is 2.36. The lowest BCUT2D eigenvalue weighted by atomic mass is 10.0. The molecule has 1 saturated heterocycles. The summed E-state index contributed by atoms with van der Waals surface area (Å²) in [6.07, 6.45) is -0.231. The van der Waals surface area contributed by atoms with E-state index in [1.807, 2.05) is 18.2 Å². The van der Waals surface area contributed by atoms with Gasteiger partial charge in [-0.05, 0) is 25.0 Å². The van der Waals surface area contributed by atoms with E-state index >= 15 is 0 Å². The SMILES string of the molecule is COC(=O)[C@@H](Cc1ccccc1)NC(=O)[C@@H](NC(=O)C[C@@H]1CCC(=O)N1Cc1cccc(F)c1F)[C@@H](C)OC. The van der Waals surface area contributed by atoms with Crippen molar-refractivity contribution in [1.29, 1.82) is 0 Å². The standard InChI is InChI=1S/C28H33F2N3O6/c1-17(38-2)26(27(36)31-22(28(37)39-3)14-18-8-5-4-6-9-18)32-23(34)15-20-12-13-24(35)33(20)16-19-10-7-11-21(29)25(19)30/h4-11,17,20,22,26H,12-16H2,1-3H3,(H,31,36)(H,32,34)/t17-,20+,22-,26+/m1/s1. The molecule has 9 nitrogen and oxygen atoms in total. The first-order valence-electron chi connectivity index (χ1n) is 12.6. The number of benzene rings is 2. The average molecular weight is 546 g/mol. The molecule has 0 bridgehead atoms. The molecule has 2 aromatic carbocycles. The highest BCUT2D eigenvalue weighted by atomic mass is 19.2. The van der Waals surface area contributed by atoms with Crippen LogP contribution >= 0.6 is 0 Å². The van der Waals surface area contributed by atoms with Crippen LogP contribution in [0.3, 0.4) is 0 Å². The molecule has 0 unspecified atom stereocenters. The Balaban J connectivity index is 1.68. The molecule has 39 heavy (non-hydrogen) atoms. The van der Waals surface area contributed by atoms with Crippen LogP contribution in [0.1, 0.15) is 37.3 Å². The number of hydrogen-bond donors (Lipinski definition) is 2. The molecule has 0 spiro atoms. The maximum absolute atomic E-state index is 14.2. The van der Waals surface area contributed by atoms with E-state index in [2.05, 4.69) is 10.6 Å². The van der Waals surface area contributed by atoms with Gasteiger partial charge < -0.3 is 25.0 Å². The van der Waals surface area contributed by atoms with Crippen LogP contribution in [0, 0.1) is 11.6 Å². The number of carbonyl (C=O) groups is 4. The largest absolute Gasteiger partial charge is 0.467 e. The molecule has 2 N–H and O–H groups in total. The Morgan fingerprint density at radius 2 is 1.77 bits per heavy atom. The first-order chi connectivity index (χ1) is 18.6. The fraction of sp³-hybridized carbons (Fsp3) is 0.429. The number of carbonyl (C=O) groups excluding carboxylic acids is 4. The summed E-state index contributed by atoms with van der Waals surface area (Å²) in [5.74, 6) is -4.17. The molecule has 1 fully saturated rings. The smallest absolute Gasteiger partial charge is 0.328 e. The Labute approximate surface area is 225 Å². The summed E-state index contributed by atoms with van der Waals surface area (Å²) >= 11 is 0. The fourth-order valence-corrected chi connectivity index (χ4v) is 4.50. The Morgan fingerprint density at radius 1 is 1.05 bits per heavy atom. The molecule has 0 saturated carbocycles. The minimum atomic E-state index is -1.16. The third-order valence-electron chi connectivity index (χ3n) is 6.77. The van der Waals surface area contributed by atoms with Crippen molar-refractivity contribution in [3.8, 4) is 0 Å². The van der Waals surface area contributed by atoms with E-state index in [4.69, 9.17) is 9.47 Å². The zero-order chi connectivity index (χ0) is 28.5. The summed E-state index contributed by atoms with van der Waals surface area (Å²) in [5, 5.41) is 5.28. The Hall–Kier alpha value is -3.86. The van der Waals surface area contributed by atoms with Crippen molar-refractivity contribution < 1.29 is 37.4 Å². The van der Waals surface area contributed by atoms with Crippen molar-refractivity contribution in [2.45, 2.75) is 63.4 Å². The lowest BCUT2D eigenvalue weighted by Crippen LogP contribution is -2.57. The van der Waals surface area contributed by atoms with E-state index in [1.54, 1.807) is 19.1 Å². The molecular formula is C28H33F2N3O6. The van der Waals surface area contributed by atoms with Gasteiger partial charge in [-0.15, -0.1) is 0 Å². The normalized spacial score (nSPS) is 17.3. The van der Waals surface area contributed by atoms with E-state index in [1.165, 1.54) is 31.3 Å². The summed E-state index contributed by atoms with van der Waals surface area (Å²) in [4.78, 5) is 52.4. The second kappa shape index (κ2) is 13.8. The van der Waals surface area contributed by atoms with Gasteiger partial charge in [0.1, 0.15) is 12.1 Å². The van der Waals surface area contributed by atoms with Gasteiger partial charge in [-0.25, -0.2) is 13.6 Å². The molecule has 3 rings (SSSR count). The van der Waals surface area contributed by atoms with Gasteiger partial charge in [0.15, 0.2) is 11.6 Å². The highest BCUT2D eigenvalue weighted by Crippen LogP contribution is 2.25. The van der Waals surface area contributed by atoms with Crippen LogP contribution in [0.5, 0.6) is 0 Å². The van der Waals surface area contributed by atoms with E-state index in [0.29, 0.717) is 6.42 Å². The highest BCUT2D eigenvalue weighted by molar-refractivity contribution is 5.91. The molecule has 0 aliphatic carbocycles. The number of halogens is 2. The second-order valence-corrected chi connectivity index (χ2v) is 9.39. The molecule has 0 aromatic heterocycles. The van der Waals surface area contributed by atoms with Gasteiger partial charge >= 0.3 is 5.97 Å². The van der Waals surface area contributed by atoms with Gasteiger partial charge in [0.2, 0.25) is 17.7 Å². The average Bonchev–Trinajstić information content (AvgIpc) is 3.27. The van der Waals surface area contributed by atoms with Crippen LogP contribution < -0.4 is 10.6 Å². The summed E-state index contributed by atoms with van der Waals surface area (Å²) in [7, 11) is 2.59. The second-order valence-electron chi connectivity index (χ2n) is 9.39. The number of amides is 3. The van der Waals surface area contributed by atoms with Gasteiger partial charge in [0.25, 0.3) is 0 Å². The molecule has 0 radical (unpaired) electrons. The number of rotatable bonds is 12. The minimum Gasteiger partial charge on any atom is -0.467 e. The van der Waals surface area contributed by atoms with Crippen molar-refractivity contribution in [3.63, 3.8) is 0 Å². The molecule has 1 aliphatic heterocycles. The van der Waals surface area contributed by atoms with Crippen LogP contribution in [0.25, 0.3) is 0 Å². The van der Waals surface area contributed by atoms with Crippen molar-refractivity contribution in [3.05, 3.63) is 71.3 Å². The van der Waals surface area contributed by atoms with Crippen LogP contribution in [0.2, 0.25) is 0 Å². The Kier molecular flexibility index (Phi) is 10.5. The first kappa shape index (κ1) is 29.7. The summed E-state index contributed by atoms with van der Waals surface area (Å²) < 4.78 is 38.0. The zero-order valence-corrected chi connectivity index (χ0v) is 22.1. The van der Waals surface area contributed by atoms with Crippen molar-refractivity contribution in [2.24, 2.45) is 0 Å². The number of methoxy groups -OCH3 is 2. The van der Waals surface area contributed by atoms with Crippen molar-refractivity contribution >= 4 is 23.7 Å². The predicted molar refractivity (Wildman–Crippen MR) is 137 cm³/mol. The zero-order valence-electron chi connectivity index (χ0n) is 22.1. The number of nitrogens with one attached hydrogen (secondary N) is 2. The lowest BCUT2D eigenvalue weighted by molar-refractivity contribution is -0.146. The van der Waals surface area contributed by atoms with E-state index < -0.39 is 53.6 Å². The fourth-order valence-electron chi connectivity index (χ4n) is 4.50. The van der Waals surface area contributed by atoms with Gasteiger partial charge in [0, 0.05) is 44.5 Å². The molecule has 1 aliphatic rings. The van der Waals surface area contributed by atoms with Gasteiger partial charge in [-0.1, -0.05) is 42.5 Å². The topological polar surface area (TPSA) is 114 Å².